The molecule has 1 heterocycles. The molecule has 0 fully saturated rings. The van der Waals surface area contributed by atoms with Crippen molar-refractivity contribution < 1.29 is 14.6 Å². The van der Waals surface area contributed by atoms with E-state index in [0.29, 0.717) is 18.2 Å². The zero-order valence-electron chi connectivity index (χ0n) is 21.6. The molecule has 6 heteroatoms. The van der Waals surface area contributed by atoms with Crippen molar-refractivity contribution in [2.75, 3.05) is 11.4 Å². The monoisotopic (exact) mass is 495 g/mol. The first kappa shape index (κ1) is 25.9. The van der Waals surface area contributed by atoms with E-state index in [1.807, 2.05) is 42.7 Å². The van der Waals surface area contributed by atoms with E-state index >= 15 is 0 Å². The zero-order chi connectivity index (χ0) is 26.3. The predicted octanol–water partition coefficient (Wildman–Crippen LogP) is 6.20. The van der Waals surface area contributed by atoms with Crippen LogP contribution in [0.15, 0.2) is 91.3 Å². The van der Waals surface area contributed by atoms with Crippen LogP contribution in [0.3, 0.4) is 0 Å². The Morgan fingerprint density at radius 2 is 1.54 bits per heavy atom. The first-order chi connectivity index (χ1) is 17.9. The number of carboxylic acids is 1. The number of anilines is 1. The summed E-state index contributed by atoms with van der Waals surface area (Å²) in [5.74, 6) is 0.226. The molecular formula is C31H33N3O3. The van der Waals surface area contributed by atoms with Gasteiger partial charge in [-0.2, -0.15) is 0 Å². The molecule has 0 unspecified atom stereocenters. The number of carbonyl (C=O) groups is 1. The van der Waals surface area contributed by atoms with Crippen molar-refractivity contribution in [2.45, 2.75) is 45.8 Å². The molecule has 0 aliphatic carbocycles. The van der Waals surface area contributed by atoms with E-state index in [0.717, 1.165) is 30.5 Å². The number of ether oxygens (including phenoxy) is 1. The highest BCUT2D eigenvalue weighted by Gasteiger charge is 2.29. The normalized spacial score (nSPS) is 11.2. The lowest BCUT2D eigenvalue weighted by Gasteiger charge is -2.24. The predicted molar refractivity (Wildman–Crippen MR) is 147 cm³/mol. The van der Waals surface area contributed by atoms with Crippen molar-refractivity contribution in [2.24, 2.45) is 0 Å². The molecule has 1 aromatic heterocycles. The maximum atomic E-state index is 11.4. The molecule has 0 spiro atoms. The van der Waals surface area contributed by atoms with Gasteiger partial charge in [-0.1, -0.05) is 73.7 Å². The molecule has 4 aromatic rings. The van der Waals surface area contributed by atoms with E-state index in [1.165, 1.54) is 30.5 Å². The molecule has 0 saturated heterocycles. The lowest BCUT2D eigenvalue weighted by molar-refractivity contribution is -0.152. The third-order valence-electron chi connectivity index (χ3n) is 6.33. The van der Waals surface area contributed by atoms with Gasteiger partial charge in [0, 0.05) is 25.5 Å². The van der Waals surface area contributed by atoms with Crippen LogP contribution in [0.2, 0.25) is 0 Å². The average molecular weight is 496 g/mol. The molecule has 1 N–H and O–H groups in total. The Kier molecular flexibility index (Phi) is 8.18. The smallest absolute Gasteiger partial charge is 0.347 e. The van der Waals surface area contributed by atoms with E-state index in [9.17, 15) is 9.90 Å². The second kappa shape index (κ2) is 11.7. The molecular weight excluding hydrogens is 462 g/mol. The fraction of sp³-hybridized carbons (Fsp3) is 0.258. The molecule has 0 amide bonds. The standard InChI is InChI=1S/C31H33N3O3/c1-4-23-20-32-30(33-21-23)34(22-26-12-8-9-13-28(26)25-10-6-5-7-11-25)19-18-24-14-16-27(17-15-24)37-31(2,3)29(35)36/h5-17,20-21H,4,18-19,22H2,1-3H3,(H,35,36). The third kappa shape index (κ3) is 6.73. The molecule has 0 atom stereocenters. The van der Waals surface area contributed by atoms with Crippen molar-refractivity contribution >= 4 is 11.9 Å². The number of carboxylic acid groups (broad SMARTS) is 1. The van der Waals surface area contributed by atoms with Crippen LogP contribution in [0.25, 0.3) is 11.1 Å². The molecule has 4 rings (SSSR count). The van der Waals surface area contributed by atoms with Gasteiger partial charge in [0.25, 0.3) is 0 Å². The lowest BCUT2D eigenvalue weighted by Crippen LogP contribution is -2.37. The summed E-state index contributed by atoms with van der Waals surface area (Å²) in [6.07, 6.45) is 5.46. The number of aliphatic carboxylic acids is 1. The van der Waals surface area contributed by atoms with Gasteiger partial charge in [0.1, 0.15) is 5.75 Å². The van der Waals surface area contributed by atoms with Gasteiger partial charge >= 0.3 is 5.97 Å². The van der Waals surface area contributed by atoms with Crippen molar-refractivity contribution in [3.63, 3.8) is 0 Å². The highest BCUT2D eigenvalue weighted by atomic mass is 16.5. The van der Waals surface area contributed by atoms with Gasteiger partial charge in [0.2, 0.25) is 5.95 Å². The van der Waals surface area contributed by atoms with Crippen molar-refractivity contribution in [3.05, 3.63) is 108 Å². The molecule has 0 aliphatic heterocycles. The highest BCUT2D eigenvalue weighted by Crippen LogP contribution is 2.26. The van der Waals surface area contributed by atoms with Crippen LogP contribution in [-0.2, 0) is 24.2 Å². The maximum Gasteiger partial charge on any atom is 0.347 e. The van der Waals surface area contributed by atoms with Crippen molar-refractivity contribution in [1.82, 2.24) is 9.97 Å². The molecule has 6 nitrogen and oxygen atoms in total. The summed E-state index contributed by atoms with van der Waals surface area (Å²) in [6.45, 7) is 6.56. The minimum absolute atomic E-state index is 0.531. The van der Waals surface area contributed by atoms with E-state index in [2.05, 4.69) is 70.3 Å². The van der Waals surface area contributed by atoms with Gasteiger partial charge in [-0.05, 0) is 66.6 Å². The van der Waals surface area contributed by atoms with Gasteiger partial charge in [-0.25, -0.2) is 14.8 Å². The van der Waals surface area contributed by atoms with E-state index in [4.69, 9.17) is 4.74 Å². The molecule has 190 valence electrons. The van der Waals surface area contributed by atoms with Crippen molar-refractivity contribution in [3.8, 4) is 16.9 Å². The molecule has 0 aliphatic rings. The average Bonchev–Trinajstić information content (AvgIpc) is 2.92. The number of aromatic nitrogens is 2. The quantitative estimate of drug-likeness (QED) is 0.267. The van der Waals surface area contributed by atoms with Gasteiger partial charge in [-0.3, -0.25) is 0 Å². The summed E-state index contributed by atoms with van der Waals surface area (Å²) in [5.41, 5.74) is 4.52. The number of benzene rings is 3. The lowest BCUT2D eigenvalue weighted by atomic mass is 9.99. The largest absolute Gasteiger partial charge is 0.478 e. The summed E-state index contributed by atoms with van der Waals surface area (Å²) in [7, 11) is 0. The van der Waals surface area contributed by atoms with E-state index in [-0.39, 0.29) is 0 Å². The second-order valence-electron chi connectivity index (χ2n) is 9.50. The minimum Gasteiger partial charge on any atom is -0.478 e. The summed E-state index contributed by atoms with van der Waals surface area (Å²) >= 11 is 0. The highest BCUT2D eigenvalue weighted by molar-refractivity contribution is 5.76. The van der Waals surface area contributed by atoms with Gasteiger partial charge in [-0.15, -0.1) is 0 Å². The fourth-order valence-electron chi connectivity index (χ4n) is 4.03. The number of hydrogen-bond donors (Lipinski definition) is 1. The summed E-state index contributed by atoms with van der Waals surface area (Å²) in [4.78, 5) is 22.9. The zero-order valence-corrected chi connectivity index (χ0v) is 21.6. The van der Waals surface area contributed by atoms with Crippen molar-refractivity contribution in [1.29, 1.82) is 0 Å². The van der Waals surface area contributed by atoms with Gasteiger partial charge in [0.05, 0.1) is 0 Å². The Hall–Kier alpha value is -4.19. The van der Waals surface area contributed by atoms with E-state index < -0.39 is 11.6 Å². The maximum absolute atomic E-state index is 11.4. The number of rotatable bonds is 11. The molecule has 3 aromatic carbocycles. The minimum atomic E-state index is -1.29. The van der Waals surface area contributed by atoms with Gasteiger partial charge < -0.3 is 14.7 Å². The van der Waals surface area contributed by atoms with Crippen LogP contribution < -0.4 is 9.64 Å². The van der Waals surface area contributed by atoms with Crippen LogP contribution in [0.5, 0.6) is 5.75 Å². The van der Waals surface area contributed by atoms with Crippen LogP contribution in [0.4, 0.5) is 5.95 Å². The third-order valence-corrected chi connectivity index (χ3v) is 6.33. The van der Waals surface area contributed by atoms with Gasteiger partial charge in [0.15, 0.2) is 5.60 Å². The Bertz CT molecular complexity index is 1300. The SMILES string of the molecule is CCc1cnc(N(CCc2ccc(OC(C)(C)C(=O)O)cc2)Cc2ccccc2-c2ccccc2)nc1. The van der Waals surface area contributed by atoms with E-state index in [1.54, 1.807) is 0 Å². The number of aryl methyl sites for hydroxylation is 1. The van der Waals surface area contributed by atoms with Crippen LogP contribution in [0.1, 0.15) is 37.5 Å². The van der Waals surface area contributed by atoms with Crippen LogP contribution >= 0.6 is 0 Å². The summed E-state index contributed by atoms with van der Waals surface area (Å²) in [5, 5.41) is 9.31. The van der Waals surface area contributed by atoms with Crippen LogP contribution in [0, 0.1) is 0 Å². The number of nitrogens with zero attached hydrogens (tertiary/aromatic N) is 3. The number of hydrogen-bond acceptors (Lipinski definition) is 5. The first-order valence-corrected chi connectivity index (χ1v) is 12.6. The topological polar surface area (TPSA) is 75.6 Å². The molecule has 0 radical (unpaired) electrons. The Balaban J connectivity index is 1.54. The Morgan fingerprint density at radius 3 is 2.19 bits per heavy atom. The molecule has 0 saturated carbocycles. The molecule has 37 heavy (non-hydrogen) atoms. The first-order valence-electron chi connectivity index (χ1n) is 12.6. The molecule has 0 bridgehead atoms. The fourth-order valence-corrected chi connectivity index (χ4v) is 4.03. The summed E-state index contributed by atoms with van der Waals surface area (Å²) in [6, 6.07) is 26.4. The summed E-state index contributed by atoms with van der Waals surface area (Å²) < 4.78 is 5.64. The second-order valence-corrected chi connectivity index (χ2v) is 9.50. The Labute approximate surface area is 218 Å². The van der Waals surface area contributed by atoms with Crippen LogP contribution in [-0.4, -0.2) is 33.2 Å². The Morgan fingerprint density at radius 1 is 0.892 bits per heavy atom.